The van der Waals surface area contributed by atoms with Crippen LogP contribution in [0.3, 0.4) is 0 Å². The summed E-state index contributed by atoms with van der Waals surface area (Å²) in [4.78, 5) is 38.1. The lowest BCUT2D eigenvalue weighted by Gasteiger charge is -2.42. The zero-order valence-corrected chi connectivity index (χ0v) is 24.1. The van der Waals surface area contributed by atoms with E-state index in [4.69, 9.17) is 21.8 Å². The van der Waals surface area contributed by atoms with Crippen LogP contribution in [0.4, 0.5) is 16.5 Å². The zero-order valence-electron chi connectivity index (χ0n) is 21.7. The normalized spacial score (nSPS) is 18.2. The molecule has 0 saturated heterocycles. The Labute approximate surface area is 247 Å². The number of hydrogen-bond acceptors (Lipinski definition) is 12. The predicted molar refractivity (Wildman–Crippen MR) is 153 cm³/mol. The topological polar surface area (TPSA) is 181 Å². The molecule has 3 heterocycles. The van der Waals surface area contributed by atoms with Crippen molar-refractivity contribution in [2.45, 2.75) is 36.9 Å². The summed E-state index contributed by atoms with van der Waals surface area (Å²) >= 11 is 8.10. The largest absolute Gasteiger partial charge is 0.468 e. The molecule has 3 aromatic rings. The number of nitro benzene ring substituents is 1. The maximum atomic E-state index is 13.5. The van der Waals surface area contributed by atoms with Crippen LogP contribution in [0.5, 0.6) is 0 Å². The molecule has 1 aliphatic heterocycles. The van der Waals surface area contributed by atoms with Crippen LogP contribution < -0.4 is 16.0 Å². The van der Waals surface area contributed by atoms with Crippen LogP contribution in [-0.4, -0.2) is 32.6 Å². The maximum Gasteiger partial charge on any atom is 0.289 e. The number of aromatic nitrogens is 2. The van der Waals surface area contributed by atoms with Crippen molar-refractivity contribution in [1.82, 2.24) is 10.2 Å². The lowest BCUT2D eigenvalue weighted by molar-refractivity contribution is -0.384. The summed E-state index contributed by atoms with van der Waals surface area (Å²) in [6.45, 7) is 3.98. The Morgan fingerprint density at radius 1 is 1.39 bits per heavy atom. The summed E-state index contributed by atoms with van der Waals surface area (Å²) in [5.74, 6) is -0.707. The van der Waals surface area contributed by atoms with E-state index in [2.05, 4.69) is 21.6 Å². The minimum absolute atomic E-state index is 0.0360. The molecule has 0 bridgehead atoms. The van der Waals surface area contributed by atoms with Gasteiger partial charge >= 0.3 is 0 Å². The summed E-state index contributed by atoms with van der Waals surface area (Å²) < 4.78 is 6.06. The maximum absolute atomic E-state index is 13.5. The number of anilines is 2. The van der Waals surface area contributed by atoms with E-state index in [0.717, 1.165) is 23.1 Å². The molecule has 2 aliphatic rings. The second-order valence-corrected chi connectivity index (χ2v) is 12.7. The van der Waals surface area contributed by atoms with Gasteiger partial charge in [-0.05, 0) is 36.1 Å². The molecule has 1 atom stereocenters. The van der Waals surface area contributed by atoms with Crippen molar-refractivity contribution in [2.24, 2.45) is 11.1 Å². The number of ketones is 1. The highest BCUT2D eigenvalue weighted by atomic mass is 35.5. The van der Waals surface area contributed by atoms with Gasteiger partial charge in [0.1, 0.15) is 16.6 Å². The van der Waals surface area contributed by atoms with Gasteiger partial charge in [-0.1, -0.05) is 48.5 Å². The summed E-state index contributed by atoms with van der Waals surface area (Å²) in [6.07, 6.45) is 2.30. The first-order valence-electron chi connectivity index (χ1n) is 12.2. The van der Waals surface area contributed by atoms with E-state index in [1.54, 1.807) is 17.0 Å². The van der Waals surface area contributed by atoms with Gasteiger partial charge in [0, 0.05) is 29.4 Å². The number of allylic oxidation sites excluding steroid dienone is 3. The van der Waals surface area contributed by atoms with E-state index in [9.17, 15) is 25.0 Å². The molecular weight excluding hydrogens is 590 g/mol. The molecule has 210 valence electrons. The highest BCUT2D eigenvalue weighted by Crippen LogP contribution is 2.50. The van der Waals surface area contributed by atoms with Gasteiger partial charge in [-0.15, -0.1) is 10.2 Å². The predicted octanol–water partition coefficient (Wildman–Crippen LogP) is 5.36. The summed E-state index contributed by atoms with van der Waals surface area (Å²) in [6, 6.07) is 9.56. The van der Waals surface area contributed by atoms with Crippen molar-refractivity contribution in [1.29, 1.82) is 5.26 Å². The molecular formula is C26H22ClN7O5S2. The van der Waals surface area contributed by atoms with Crippen LogP contribution in [0.1, 0.15) is 38.4 Å². The Morgan fingerprint density at radius 2 is 2.17 bits per heavy atom. The number of halogens is 1. The summed E-state index contributed by atoms with van der Waals surface area (Å²) in [7, 11) is 0. The zero-order chi connectivity index (χ0) is 29.5. The standard InChI is InChI=1S/C26H22ClN7O5S2/c1-26(2)9-17-22(18(35)10-26)21(19-4-3-7-39-19)14(11-28)23(29)33(17)24-31-32-25(41-24)40-12-20(36)30-13-5-6-15(27)16(8-13)34(37)38/h3-8,21H,9-10,12,29H2,1-2H3,(H,30,36). The number of nitro groups is 1. The molecule has 0 spiro atoms. The minimum Gasteiger partial charge on any atom is -0.468 e. The van der Waals surface area contributed by atoms with Gasteiger partial charge in [0.15, 0.2) is 10.1 Å². The third-order valence-corrected chi connectivity index (χ3v) is 8.91. The van der Waals surface area contributed by atoms with Gasteiger partial charge in [-0.3, -0.25) is 24.6 Å². The number of nitrogens with two attached hydrogens (primary N) is 1. The molecule has 5 rings (SSSR count). The lowest BCUT2D eigenvalue weighted by Crippen LogP contribution is -2.42. The number of Topliss-reactive ketones (excluding diaryl/α,β-unsaturated/α-hetero) is 1. The highest BCUT2D eigenvalue weighted by molar-refractivity contribution is 8.01. The number of nitrogens with one attached hydrogen (secondary N) is 1. The third kappa shape index (κ3) is 5.56. The van der Waals surface area contributed by atoms with Crippen LogP contribution in [0.15, 0.2) is 68.0 Å². The highest BCUT2D eigenvalue weighted by Gasteiger charge is 2.46. The van der Waals surface area contributed by atoms with Gasteiger partial charge in [0.25, 0.3) is 5.69 Å². The number of rotatable bonds is 7. The molecule has 2 aromatic heterocycles. The number of furan rings is 1. The van der Waals surface area contributed by atoms with E-state index in [1.807, 2.05) is 13.8 Å². The Morgan fingerprint density at radius 3 is 2.85 bits per heavy atom. The Balaban J connectivity index is 1.40. The number of hydrogen-bond donors (Lipinski definition) is 2. The number of amides is 1. The van der Waals surface area contributed by atoms with Crippen molar-refractivity contribution in [3.63, 3.8) is 0 Å². The van der Waals surface area contributed by atoms with Gasteiger partial charge in [-0.25, -0.2) is 0 Å². The van der Waals surface area contributed by atoms with Crippen LogP contribution in [0.25, 0.3) is 0 Å². The number of benzene rings is 1. The van der Waals surface area contributed by atoms with E-state index in [1.165, 1.54) is 24.5 Å². The van der Waals surface area contributed by atoms with Crippen molar-refractivity contribution in [3.8, 4) is 6.07 Å². The van der Waals surface area contributed by atoms with Crippen molar-refractivity contribution in [2.75, 3.05) is 16.0 Å². The van der Waals surface area contributed by atoms with Crippen molar-refractivity contribution in [3.05, 3.63) is 80.2 Å². The van der Waals surface area contributed by atoms with Crippen LogP contribution in [0, 0.1) is 26.9 Å². The fraction of sp³-hybridized carbons (Fsp3) is 0.269. The first-order chi connectivity index (χ1) is 19.5. The Kier molecular flexibility index (Phi) is 7.60. The minimum atomic E-state index is -0.723. The molecule has 1 unspecified atom stereocenters. The molecule has 1 aliphatic carbocycles. The molecule has 0 saturated carbocycles. The molecule has 3 N–H and O–H groups in total. The lowest BCUT2D eigenvalue weighted by atomic mass is 9.69. The average Bonchev–Trinajstić information content (AvgIpc) is 3.60. The first-order valence-corrected chi connectivity index (χ1v) is 14.4. The molecule has 0 radical (unpaired) electrons. The first kappa shape index (κ1) is 28.3. The summed E-state index contributed by atoms with van der Waals surface area (Å²) in [5, 5.41) is 32.6. The number of thioether (sulfide) groups is 1. The second kappa shape index (κ2) is 11.0. The molecule has 12 nitrogen and oxygen atoms in total. The number of carbonyl (C=O) groups excluding carboxylic acids is 2. The van der Waals surface area contributed by atoms with Gasteiger partial charge < -0.3 is 15.5 Å². The molecule has 15 heteroatoms. The quantitative estimate of drug-likeness (QED) is 0.199. The Hall–Kier alpha value is -4.19. The third-order valence-electron chi connectivity index (χ3n) is 6.55. The number of carbonyl (C=O) groups is 2. The molecule has 1 amide bonds. The molecule has 41 heavy (non-hydrogen) atoms. The Bertz CT molecular complexity index is 1670. The fourth-order valence-electron chi connectivity index (χ4n) is 4.87. The van der Waals surface area contributed by atoms with Crippen molar-refractivity contribution < 1.29 is 18.9 Å². The summed E-state index contributed by atoms with van der Waals surface area (Å²) in [5.41, 5.74) is 7.39. The van der Waals surface area contributed by atoms with Gasteiger partial charge in [-0.2, -0.15) is 5.26 Å². The second-order valence-electron chi connectivity index (χ2n) is 10.1. The van der Waals surface area contributed by atoms with E-state index >= 15 is 0 Å². The van der Waals surface area contributed by atoms with E-state index in [0.29, 0.717) is 39.3 Å². The van der Waals surface area contributed by atoms with Crippen LogP contribution in [0.2, 0.25) is 5.02 Å². The van der Waals surface area contributed by atoms with Crippen molar-refractivity contribution >= 4 is 62.9 Å². The monoisotopic (exact) mass is 611 g/mol. The SMILES string of the molecule is CC1(C)CC(=O)C2=C(C1)N(c1nnc(SCC(=O)Nc3ccc(Cl)c([N+](=O)[O-])c3)s1)C(N)=C(C#N)C2c1ccco1. The smallest absolute Gasteiger partial charge is 0.289 e. The van der Waals surface area contributed by atoms with Gasteiger partial charge in [0.2, 0.25) is 11.0 Å². The van der Waals surface area contributed by atoms with E-state index in [-0.39, 0.29) is 44.7 Å². The van der Waals surface area contributed by atoms with Crippen LogP contribution in [-0.2, 0) is 9.59 Å². The van der Waals surface area contributed by atoms with Crippen LogP contribution >= 0.6 is 34.7 Å². The van der Waals surface area contributed by atoms with Gasteiger partial charge in [0.05, 0.1) is 34.5 Å². The molecule has 1 aromatic carbocycles. The fourth-order valence-corrected chi connectivity index (χ4v) is 6.74. The average molecular weight is 612 g/mol. The number of nitrogens with zero attached hydrogens (tertiary/aromatic N) is 5. The number of nitriles is 1. The van der Waals surface area contributed by atoms with E-state index < -0.39 is 16.7 Å². The molecule has 0 fully saturated rings.